The molecule has 4 rings (SSSR count). The molecule has 1 N–H and O–H groups in total. The first-order valence-corrected chi connectivity index (χ1v) is 12.1. The van der Waals surface area contributed by atoms with Gasteiger partial charge in [-0.05, 0) is 24.3 Å². The van der Waals surface area contributed by atoms with E-state index < -0.39 is 34.1 Å². The van der Waals surface area contributed by atoms with Crippen LogP contribution in [0.1, 0.15) is 42.2 Å². The lowest BCUT2D eigenvalue weighted by molar-refractivity contribution is -0.119. The van der Waals surface area contributed by atoms with Gasteiger partial charge in [0.2, 0.25) is 0 Å². The molecule has 8 nitrogen and oxygen atoms in total. The number of carbonyl (C=O) groups is 4. The molecule has 10 heteroatoms. The van der Waals surface area contributed by atoms with Crippen molar-refractivity contribution in [2.45, 2.75) is 4.90 Å². The monoisotopic (exact) mass is 497 g/mol. The molecule has 0 bridgehead atoms. The van der Waals surface area contributed by atoms with Crippen molar-refractivity contribution in [2.24, 2.45) is 0 Å². The number of esters is 1. The second kappa shape index (κ2) is 8.85. The number of benzene rings is 3. The molecule has 0 radical (unpaired) electrons. The Morgan fingerprint density at radius 1 is 0.912 bits per heavy atom. The number of halogens is 1. The standard InChI is InChI=1S/C24H16ClNO7S/c1-34(31,32)13-9-10-18(25)17(11-13)24(30)33-12-20(27)26-19-8-4-7-16-21(19)23(29)15-6-3-2-5-14(15)22(16)28/h2-11H,12H2,1H3,(H,26,27). The van der Waals surface area contributed by atoms with E-state index in [4.69, 9.17) is 16.3 Å². The number of carbonyl (C=O) groups excluding carboxylic acids is 4. The summed E-state index contributed by atoms with van der Waals surface area (Å²) in [5.41, 5.74) is 0.604. The van der Waals surface area contributed by atoms with Gasteiger partial charge in [-0.15, -0.1) is 0 Å². The van der Waals surface area contributed by atoms with Crippen LogP contribution in [-0.2, 0) is 19.4 Å². The van der Waals surface area contributed by atoms with Gasteiger partial charge in [0.25, 0.3) is 5.91 Å². The Labute approximate surface area is 199 Å². The van der Waals surface area contributed by atoms with Crippen LogP contribution in [0, 0.1) is 0 Å². The summed E-state index contributed by atoms with van der Waals surface area (Å²) >= 11 is 5.97. The molecule has 172 valence electrons. The fourth-order valence-electron chi connectivity index (χ4n) is 3.54. The second-order valence-electron chi connectivity index (χ2n) is 7.47. The highest BCUT2D eigenvalue weighted by Crippen LogP contribution is 2.32. The molecule has 0 fully saturated rings. The van der Waals surface area contributed by atoms with E-state index in [1.54, 1.807) is 18.2 Å². The van der Waals surface area contributed by atoms with Crippen molar-refractivity contribution < 1.29 is 32.3 Å². The number of nitrogens with one attached hydrogen (secondary N) is 1. The maximum Gasteiger partial charge on any atom is 0.340 e. The molecule has 0 saturated carbocycles. The van der Waals surface area contributed by atoms with Gasteiger partial charge in [0, 0.05) is 22.9 Å². The van der Waals surface area contributed by atoms with Crippen molar-refractivity contribution >= 4 is 50.6 Å². The summed E-state index contributed by atoms with van der Waals surface area (Å²) in [6.07, 6.45) is 0.976. The van der Waals surface area contributed by atoms with Gasteiger partial charge in [-0.2, -0.15) is 0 Å². The Kier molecular flexibility index (Phi) is 6.07. The maximum absolute atomic E-state index is 13.0. The topological polar surface area (TPSA) is 124 Å². The third-order valence-corrected chi connectivity index (χ3v) is 6.59. The van der Waals surface area contributed by atoms with Crippen LogP contribution < -0.4 is 5.32 Å². The molecular weight excluding hydrogens is 482 g/mol. The van der Waals surface area contributed by atoms with E-state index in [9.17, 15) is 27.6 Å². The zero-order valence-corrected chi connectivity index (χ0v) is 19.2. The quantitative estimate of drug-likeness (QED) is 0.419. The number of ketones is 2. The van der Waals surface area contributed by atoms with Crippen LogP contribution in [0.3, 0.4) is 0 Å². The third kappa shape index (κ3) is 4.35. The van der Waals surface area contributed by atoms with Crippen LogP contribution in [0.5, 0.6) is 0 Å². The Morgan fingerprint density at radius 2 is 1.56 bits per heavy atom. The number of hydrogen-bond donors (Lipinski definition) is 1. The Bertz CT molecular complexity index is 1490. The number of hydrogen-bond acceptors (Lipinski definition) is 7. The Morgan fingerprint density at radius 3 is 2.24 bits per heavy atom. The van der Waals surface area contributed by atoms with E-state index in [1.807, 2.05) is 0 Å². The summed E-state index contributed by atoms with van der Waals surface area (Å²) in [6.45, 7) is -0.735. The molecule has 1 aliphatic rings. The third-order valence-electron chi connectivity index (χ3n) is 5.15. The van der Waals surface area contributed by atoms with E-state index >= 15 is 0 Å². The average molecular weight is 498 g/mol. The van der Waals surface area contributed by atoms with E-state index in [2.05, 4.69) is 5.32 Å². The molecule has 0 aliphatic heterocycles. The summed E-state index contributed by atoms with van der Waals surface area (Å²) in [4.78, 5) is 50.5. The molecular formula is C24H16ClNO7S. The summed E-state index contributed by atoms with van der Waals surface area (Å²) in [5, 5.41) is 2.45. The number of ether oxygens (including phenoxy) is 1. The molecule has 34 heavy (non-hydrogen) atoms. The highest BCUT2D eigenvalue weighted by Gasteiger charge is 2.31. The van der Waals surface area contributed by atoms with Crippen molar-refractivity contribution in [3.63, 3.8) is 0 Å². The van der Waals surface area contributed by atoms with Crippen LogP contribution >= 0.6 is 11.6 Å². The molecule has 1 amide bonds. The molecule has 0 spiro atoms. The molecule has 0 aromatic heterocycles. The molecule has 0 unspecified atom stereocenters. The van der Waals surface area contributed by atoms with Crippen molar-refractivity contribution in [2.75, 3.05) is 18.2 Å². The lowest BCUT2D eigenvalue weighted by Gasteiger charge is -2.20. The molecule has 1 aliphatic carbocycles. The molecule has 0 atom stereocenters. The van der Waals surface area contributed by atoms with Crippen LogP contribution in [0.4, 0.5) is 5.69 Å². The maximum atomic E-state index is 13.0. The SMILES string of the molecule is CS(=O)(=O)c1ccc(Cl)c(C(=O)OCC(=O)Nc2cccc3c2C(=O)c2ccccc2C3=O)c1. The van der Waals surface area contributed by atoms with Crippen LogP contribution in [-0.4, -0.2) is 44.7 Å². The Balaban J connectivity index is 1.52. The minimum Gasteiger partial charge on any atom is -0.452 e. The first-order valence-electron chi connectivity index (χ1n) is 9.86. The molecule has 3 aromatic carbocycles. The Hall–Kier alpha value is -3.82. The van der Waals surface area contributed by atoms with Gasteiger partial charge >= 0.3 is 5.97 Å². The zero-order valence-electron chi connectivity index (χ0n) is 17.6. The number of amides is 1. The number of anilines is 1. The van der Waals surface area contributed by atoms with Crippen LogP contribution in [0.15, 0.2) is 65.6 Å². The molecule has 3 aromatic rings. The largest absolute Gasteiger partial charge is 0.452 e. The van der Waals surface area contributed by atoms with Crippen LogP contribution in [0.2, 0.25) is 5.02 Å². The van der Waals surface area contributed by atoms with Gasteiger partial charge in [-0.3, -0.25) is 14.4 Å². The van der Waals surface area contributed by atoms with Crippen molar-refractivity contribution in [1.82, 2.24) is 0 Å². The van der Waals surface area contributed by atoms with Crippen molar-refractivity contribution in [1.29, 1.82) is 0 Å². The van der Waals surface area contributed by atoms with Crippen molar-refractivity contribution in [3.8, 4) is 0 Å². The summed E-state index contributed by atoms with van der Waals surface area (Å²) < 4.78 is 28.4. The van der Waals surface area contributed by atoms with Gasteiger partial charge in [0.05, 0.1) is 26.7 Å². The zero-order chi connectivity index (χ0) is 24.6. The first-order chi connectivity index (χ1) is 16.1. The summed E-state index contributed by atoms with van der Waals surface area (Å²) in [7, 11) is -3.59. The highest BCUT2D eigenvalue weighted by atomic mass is 35.5. The molecule has 0 saturated heterocycles. The number of fused-ring (bicyclic) bond motifs is 2. The first kappa shape index (κ1) is 23.3. The molecule has 0 heterocycles. The van der Waals surface area contributed by atoms with Gasteiger partial charge in [-0.25, -0.2) is 13.2 Å². The lowest BCUT2D eigenvalue weighted by atomic mass is 9.83. The average Bonchev–Trinajstić information content (AvgIpc) is 2.80. The van der Waals surface area contributed by atoms with Crippen molar-refractivity contribution in [3.05, 3.63) is 93.5 Å². The van der Waals surface area contributed by atoms with Gasteiger partial charge in [-0.1, -0.05) is 48.0 Å². The minimum atomic E-state index is -3.59. The van der Waals surface area contributed by atoms with Gasteiger partial charge < -0.3 is 10.1 Å². The predicted octanol–water partition coefficient (Wildman–Crippen LogP) is 3.31. The predicted molar refractivity (Wildman–Crippen MR) is 123 cm³/mol. The van der Waals surface area contributed by atoms with E-state index in [0.717, 1.165) is 12.3 Å². The van der Waals surface area contributed by atoms with Gasteiger partial charge in [0.15, 0.2) is 28.0 Å². The highest BCUT2D eigenvalue weighted by molar-refractivity contribution is 7.90. The number of sulfone groups is 1. The van der Waals surface area contributed by atoms with Crippen LogP contribution in [0.25, 0.3) is 0 Å². The fourth-order valence-corrected chi connectivity index (χ4v) is 4.38. The summed E-state index contributed by atoms with van der Waals surface area (Å²) in [5.74, 6) is -2.52. The van der Waals surface area contributed by atoms with E-state index in [-0.39, 0.29) is 49.2 Å². The minimum absolute atomic E-state index is 0.0438. The summed E-state index contributed by atoms with van der Waals surface area (Å²) in [6, 6.07) is 14.4. The smallest absolute Gasteiger partial charge is 0.340 e. The van der Waals surface area contributed by atoms with E-state index in [1.165, 1.54) is 36.4 Å². The van der Waals surface area contributed by atoms with Gasteiger partial charge in [0.1, 0.15) is 0 Å². The normalized spacial score (nSPS) is 12.5. The fraction of sp³-hybridized carbons (Fsp3) is 0.0833. The lowest BCUT2D eigenvalue weighted by Crippen LogP contribution is -2.26. The van der Waals surface area contributed by atoms with E-state index in [0.29, 0.717) is 0 Å². The number of rotatable bonds is 5. The second-order valence-corrected chi connectivity index (χ2v) is 9.89.